The quantitative estimate of drug-likeness (QED) is 0.234. The molecule has 1 saturated carbocycles. The SMILES string of the molecule is NS(=O)(=O)c1ccc(NC(=O)CSc2nnc(Br)n2-c2c(Cl)cc(CC3CC3)c3ccccc23)c(Cl)c1. The Kier molecular flexibility index (Phi) is 7.54. The van der Waals surface area contributed by atoms with E-state index in [0.717, 1.165) is 22.9 Å². The fourth-order valence-corrected chi connectivity index (χ4v) is 6.48. The highest BCUT2D eigenvalue weighted by Crippen LogP contribution is 2.40. The topological polar surface area (TPSA) is 120 Å². The van der Waals surface area contributed by atoms with Crippen molar-refractivity contribution in [2.75, 3.05) is 11.1 Å². The molecule has 0 radical (unpaired) electrons. The molecule has 1 fully saturated rings. The van der Waals surface area contributed by atoms with E-state index < -0.39 is 10.0 Å². The van der Waals surface area contributed by atoms with Crippen LogP contribution in [0.1, 0.15) is 18.4 Å². The standard InChI is InChI=1S/C24H20BrCl2N5O3S2/c25-23-30-31-24(36-12-21(33)29-20-8-7-15(11-18(20)26)37(28,34)35)32(23)22-17-4-2-1-3-16(17)14(10-19(22)27)9-13-5-6-13/h1-4,7-8,10-11,13H,5-6,9,12H2,(H,29,33)(H2,28,34,35). The maximum Gasteiger partial charge on any atom is 0.238 e. The van der Waals surface area contributed by atoms with E-state index in [0.29, 0.717) is 20.8 Å². The summed E-state index contributed by atoms with van der Waals surface area (Å²) in [6.07, 6.45) is 3.48. The average molecular weight is 641 g/mol. The van der Waals surface area contributed by atoms with Crippen LogP contribution in [0.5, 0.6) is 0 Å². The number of thioether (sulfide) groups is 1. The maximum atomic E-state index is 12.7. The van der Waals surface area contributed by atoms with Crippen molar-refractivity contribution in [3.05, 3.63) is 68.9 Å². The van der Waals surface area contributed by atoms with Crippen molar-refractivity contribution >= 4 is 83.3 Å². The molecule has 0 atom stereocenters. The minimum absolute atomic E-state index is 0.00623. The second-order valence-electron chi connectivity index (χ2n) is 8.67. The summed E-state index contributed by atoms with van der Waals surface area (Å²) in [5.74, 6) is 0.339. The third-order valence-electron chi connectivity index (χ3n) is 5.95. The van der Waals surface area contributed by atoms with E-state index in [1.54, 1.807) is 4.57 Å². The molecule has 0 unspecified atom stereocenters. The van der Waals surface area contributed by atoms with Crippen molar-refractivity contribution in [3.8, 4) is 5.69 Å². The summed E-state index contributed by atoms with van der Waals surface area (Å²) in [7, 11) is -3.91. The average Bonchev–Trinajstić information content (AvgIpc) is 3.59. The molecule has 3 aromatic carbocycles. The van der Waals surface area contributed by atoms with E-state index in [2.05, 4.69) is 37.5 Å². The van der Waals surface area contributed by atoms with Crippen LogP contribution in [0, 0.1) is 5.92 Å². The Balaban J connectivity index is 1.40. The molecule has 1 aliphatic carbocycles. The number of hydrogen-bond donors (Lipinski definition) is 2. The number of rotatable bonds is 8. The van der Waals surface area contributed by atoms with Gasteiger partial charge in [-0.25, -0.2) is 13.6 Å². The van der Waals surface area contributed by atoms with Gasteiger partial charge in [-0.05, 0) is 76.3 Å². The van der Waals surface area contributed by atoms with Crippen LogP contribution < -0.4 is 10.5 Å². The first-order valence-corrected chi connectivity index (χ1v) is 15.3. The summed E-state index contributed by atoms with van der Waals surface area (Å²) in [5, 5.41) is 19.4. The number of nitrogens with one attached hydrogen (secondary N) is 1. The van der Waals surface area contributed by atoms with Gasteiger partial charge in [-0.2, -0.15) is 0 Å². The Bertz CT molecular complexity index is 1640. The van der Waals surface area contributed by atoms with Crippen LogP contribution in [0.2, 0.25) is 10.0 Å². The van der Waals surface area contributed by atoms with Crippen molar-refractivity contribution < 1.29 is 13.2 Å². The van der Waals surface area contributed by atoms with Crippen LogP contribution in [0.4, 0.5) is 5.69 Å². The number of carbonyl (C=O) groups excluding carboxylic acids is 1. The van der Waals surface area contributed by atoms with Crippen LogP contribution >= 0.6 is 50.9 Å². The summed E-state index contributed by atoms with van der Waals surface area (Å²) in [4.78, 5) is 12.5. The Morgan fingerprint density at radius 3 is 2.51 bits per heavy atom. The van der Waals surface area contributed by atoms with Crippen molar-refractivity contribution in [3.63, 3.8) is 0 Å². The predicted octanol–water partition coefficient (Wildman–Crippen LogP) is 5.82. The summed E-state index contributed by atoms with van der Waals surface area (Å²) < 4.78 is 25.3. The molecule has 1 heterocycles. The highest BCUT2D eigenvalue weighted by atomic mass is 79.9. The minimum Gasteiger partial charge on any atom is -0.324 e. The molecule has 0 aliphatic heterocycles. The summed E-state index contributed by atoms with van der Waals surface area (Å²) >= 11 is 17.6. The fourth-order valence-electron chi connectivity index (χ4n) is 4.05. The van der Waals surface area contributed by atoms with E-state index >= 15 is 0 Å². The molecule has 4 aromatic rings. The van der Waals surface area contributed by atoms with Crippen LogP contribution in [0.25, 0.3) is 16.5 Å². The number of halogens is 3. The first-order valence-electron chi connectivity index (χ1n) is 11.2. The van der Waals surface area contributed by atoms with Gasteiger partial charge < -0.3 is 5.32 Å². The molecule has 1 aromatic heterocycles. The molecule has 192 valence electrons. The number of carbonyl (C=O) groups is 1. The highest BCUT2D eigenvalue weighted by Gasteiger charge is 2.25. The van der Waals surface area contributed by atoms with Gasteiger partial charge in [-0.15, -0.1) is 10.2 Å². The fraction of sp³-hybridized carbons (Fsp3) is 0.208. The molecule has 3 N–H and O–H groups in total. The third-order valence-corrected chi connectivity index (χ3v) is 8.91. The summed E-state index contributed by atoms with van der Waals surface area (Å²) in [6.45, 7) is 0. The number of primary sulfonamides is 1. The number of benzene rings is 3. The van der Waals surface area contributed by atoms with Gasteiger partial charge in [0, 0.05) is 5.39 Å². The number of anilines is 1. The third kappa shape index (κ3) is 5.81. The van der Waals surface area contributed by atoms with Crippen LogP contribution in [0.15, 0.2) is 63.3 Å². The molecule has 0 saturated heterocycles. The largest absolute Gasteiger partial charge is 0.324 e. The number of nitrogens with two attached hydrogens (primary N) is 1. The van der Waals surface area contributed by atoms with Gasteiger partial charge in [0.15, 0.2) is 5.16 Å². The first kappa shape index (κ1) is 26.5. The molecule has 0 spiro atoms. The number of sulfonamides is 1. The monoisotopic (exact) mass is 639 g/mol. The molecule has 5 rings (SSSR count). The normalized spacial score (nSPS) is 13.7. The minimum atomic E-state index is -3.91. The van der Waals surface area contributed by atoms with Crippen molar-refractivity contribution in [1.82, 2.24) is 14.8 Å². The van der Waals surface area contributed by atoms with E-state index in [4.69, 9.17) is 28.3 Å². The zero-order valence-electron chi connectivity index (χ0n) is 19.1. The van der Waals surface area contributed by atoms with E-state index in [-0.39, 0.29) is 27.3 Å². The van der Waals surface area contributed by atoms with E-state index in [9.17, 15) is 13.2 Å². The second kappa shape index (κ2) is 10.5. The Morgan fingerprint density at radius 1 is 1.11 bits per heavy atom. The van der Waals surface area contributed by atoms with Crippen molar-refractivity contribution in [2.45, 2.75) is 29.3 Å². The zero-order valence-corrected chi connectivity index (χ0v) is 23.8. The second-order valence-corrected chi connectivity index (χ2v) is 12.7. The number of fused-ring (bicyclic) bond motifs is 1. The molecule has 1 aliphatic rings. The lowest BCUT2D eigenvalue weighted by atomic mass is 9.98. The van der Waals surface area contributed by atoms with E-state index in [1.807, 2.05) is 24.3 Å². The Hall–Kier alpha value is -2.15. The van der Waals surface area contributed by atoms with Crippen molar-refractivity contribution in [1.29, 1.82) is 0 Å². The number of nitrogens with zero attached hydrogens (tertiary/aromatic N) is 3. The molecule has 1 amide bonds. The van der Waals surface area contributed by atoms with Gasteiger partial charge in [0.25, 0.3) is 0 Å². The number of hydrogen-bond acceptors (Lipinski definition) is 6. The predicted molar refractivity (Wildman–Crippen MR) is 150 cm³/mol. The Labute approximate surface area is 236 Å². The summed E-state index contributed by atoms with van der Waals surface area (Å²) in [6, 6.07) is 14.0. The van der Waals surface area contributed by atoms with Gasteiger partial charge in [0.1, 0.15) is 0 Å². The lowest BCUT2D eigenvalue weighted by Gasteiger charge is -2.16. The van der Waals surface area contributed by atoms with Crippen molar-refractivity contribution in [2.24, 2.45) is 11.1 Å². The van der Waals surface area contributed by atoms with Gasteiger partial charge >= 0.3 is 0 Å². The van der Waals surface area contributed by atoms with Gasteiger partial charge in [0.2, 0.25) is 20.7 Å². The summed E-state index contributed by atoms with van der Waals surface area (Å²) in [5.41, 5.74) is 2.22. The number of amides is 1. The lowest BCUT2D eigenvalue weighted by Crippen LogP contribution is -2.16. The first-order chi connectivity index (χ1) is 17.6. The Morgan fingerprint density at radius 2 is 1.84 bits per heavy atom. The maximum absolute atomic E-state index is 12.7. The van der Waals surface area contributed by atoms with E-state index in [1.165, 1.54) is 48.4 Å². The van der Waals surface area contributed by atoms with Gasteiger partial charge in [-0.3, -0.25) is 9.36 Å². The highest BCUT2D eigenvalue weighted by molar-refractivity contribution is 9.10. The van der Waals surface area contributed by atoms with Crippen LogP contribution in [-0.2, 0) is 21.2 Å². The molecule has 37 heavy (non-hydrogen) atoms. The zero-order chi connectivity index (χ0) is 26.3. The lowest BCUT2D eigenvalue weighted by molar-refractivity contribution is -0.113. The van der Waals surface area contributed by atoms with Gasteiger partial charge in [-0.1, -0.05) is 59.2 Å². The molecular formula is C24H20BrCl2N5O3S2. The van der Waals surface area contributed by atoms with Gasteiger partial charge in [0.05, 0.1) is 32.1 Å². The smallest absolute Gasteiger partial charge is 0.238 e. The van der Waals surface area contributed by atoms with Crippen LogP contribution in [-0.4, -0.2) is 34.8 Å². The number of aromatic nitrogens is 3. The molecule has 13 heteroatoms. The van der Waals surface area contributed by atoms with Crippen LogP contribution in [0.3, 0.4) is 0 Å². The molecule has 8 nitrogen and oxygen atoms in total. The molecular weight excluding hydrogens is 621 g/mol. The molecule has 0 bridgehead atoms.